The molecule has 2 nitrogen and oxygen atoms in total. The summed E-state index contributed by atoms with van der Waals surface area (Å²) in [5, 5.41) is 0.771. The smallest absolute Gasteiger partial charge is 0.0409 e. The minimum atomic E-state index is 0.0807. The third-order valence-electron chi connectivity index (χ3n) is 4.60. The van der Waals surface area contributed by atoms with Gasteiger partial charge in [0.25, 0.3) is 0 Å². The molecule has 1 aromatic carbocycles. The van der Waals surface area contributed by atoms with Gasteiger partial charge in [0.1, 0.15) is 0 Å². The average molecular weight is 295 g/mol. The number of hydrogen-bond acceptors (Lipinski definition) is 2. The Kier molecular flexibility index (Phi) is 5.88. The lowest BCUT2D eigenvalue weighted by atomic mass is 9.86. The second kappa shape index (κ2) is 7.44. The molecule has 0 spiro atoms. The highest BCUT2D eigenvalue weighted by molar-refractivity contribution is 6.30. The van der Waals surface area contributed by atoms with Crippen molar-refractivity contribution >= 4 is 11.6 Å². The number of benzene rings is 1. The molecule has 0 amide bonds. The topological polar surface area (TPSA) is 29.3 Å². The Morgan fingerprint density at radius 3 is 2.90 bits per heavy atom. The van der Waals surface area contributed by atoms with Crippen LogP contribution in [0.2, 0.25) is 5.02 Å². The van der Waals surface area contributed by atoms with E-state index in [-0.39, 0.29) is 6.04 Å². The number of nitrogens with zero attached hydrogens (tertiary/aromatic N) is 1. The van der Waals surface area contributed by atoms with Gasteiger partial charge >= 0.3 is 0 Å². The van der Waals surface area contributed by atoms with Gasteiger partial charge in [-0.15, -0.1) is 0 Å². The Morgan fingerprint density at radius 1 is 1.40 bits per heavy atom. The standard InChI is InChI=1S/C17H27ClN2/c1-13-5-3-8-16(11-13)20(2)10-9-17(19)14-6-4-7-15(18)12-14/h4,6-7,12-13,16-17H,3,5,8-11,19H2,1-2H3. The second-order valence-electron chi connectivity index (χ2n) is 6.36. The molecule has 3 heteroatoms. The van der Waals surface area contributed by atoms with E-state index in [0.717, 1.165) is 35.5 Å². The average Bonchev–Trinajstić information content (AvgIpc) is 2.44. The first kappa shape index (κ1) is 15.8. The van der Waals surface area contributed by atoms with Gasteiger partial charge in [0.2, 0.25) is 0 Å². The Balaban J connectivity index is 1.82. The molecule has 1 fully saturated rings. The van der Waals surface area contributed by atoms with Crippen molar-refractivity contribution in [3.63, 3.8) is 0 Å². The zero-order valence-electron chi connectivity index (χ0n) is 12.7. The monoisotopic (exact) mass is 294 g/mol. The molecule has 2 N–H and O–H groups in total. The number of halogens is 1. The van der Waals surface area contributed by atoms with E-state index in [1.165, 1.54) is 25.7 Å². The predicted molar refractivity (Wildman–Crippen MR) is 87.0 cm³/mol. The lowest BCUT2D eigenvalue weighted by Gasteiger charge is -2.34. The molecule has 1 aromatic rings. The summed E-state index contributed by atoms with van der Waals surface area (Å²) in [6.07, 6.45) is 6.43. The number of hydrogen-bond donors (Lipinski definition) is 1. The summed E-state index contributed by atoms with van der Waals surface area (Å²) in [6, 6.07) is 8.74. The van der Waals surface area contributed by atoms with Crippen LogP contribution in [-0.4, -0.2) is 24.5 Å². The predicted octanol–water partition coefficient (Wildman–Crippen LogP) is 4.24. The highest BCUT2D eigenvalue weighted by Gasteiger charge is 2.22. The molecular formula is C17H27ClN2. The van der Waals surface area contributed by atoms with Crippen LogP contribution in [0.15, 0.2) is 24.3 Å². The molecular weight excluding hydrogens is 268 g/mol. The highest BCUT2D eigenvalue weighted by Crippen LogP contribution is 2.27. The van der Waals surface area contributed by atoms with Crippen molar-refractivity contribution in [3.05, 3.63) is 34.9 Å². The Bertz CT molecular complexity index is 421. The van der Waals surface area contributed by atoms with E-state index in [0.29, 0.717) is 0 Å². The van der Waals surface area contributed by atoms with Gasteiger partial charge in [-0.25, -0.2) is 0 Å². The van der Waals surface area contributed by atoms with Crippen molar-refractivity contribution in [1.29, 1.82) is 0 Å². The van der Waals surface area contributed by atoms with E-state index in [1.54, 1.807) is 0 Å². The molecule has 0 bridgehead atoms. The van der Waals surface area contributed by atoms with Crippen LogP contribution in [0.25, 0.3) is 0 Å². The SMILES string of the molecule is CC1CCCC(N(C)CCC(N)c2cccc(Cl)c2)C1. The van der Waals surface area contributed by atoms with Gasteiger partial charge < -0.3 is 10.6 Å². The minimum Gasteiger partial charge on any atom is -0.324 e. The molecule has 0 radical (unpaired) electrons. The number of rotatable bonds is 5. The fourth-order valence-electron chi connectivity index (χ4n) is 3.23. The third kappa shape index (κ3) is 4.47. The Hall–Kier alpha value is -0.570. The van der Waals surface area contributed by atoms with E-state index < -0.39 is 0 Å². The summed E-state index contributed by atoms with van der Waals surface area (Å²) in [5.74, 6) is 0.873. The Labute approximate surface area is 128 Å². The zero-order chi connectivity index (χ0) is 14.5. The summed E-state index contributed by atoms with van der Waals surface area (Å²) in [7, 11) is 2.24. The largest absolute Gasteiger partial charge is 0.324 e. The van der Waals surface area contributed by atoms with Crippen LogP contribution in [0.5, 0.6) is 0 Å². The van der Waals surface area contributed by atoms with E-state index in [1.807, 2.05) is 18.2 Å². The summed E-state index contributed by atoms with van der Waals surface area (Å²) >= 11 is 6.02. The van der Waals surface area contributed by atoms with Crippen molar-refractivity contribution in [2.45, 2.75) is 51.1 Å². The van der Waals surface area contributed by atoms with Crippen LogP contribution >= 0.6 is 11.6 Å². The molecule has 0 aliphatic heterocycles. The number of nitrogens with two attached hydrogens (primary N) is 1. The van der Waals surface area contributed by atoms with Crippen LogP contribution in [-0.2, 0) is 0 Å². The zero-order valence-corrected chi connectivity index (χ0v) is 13.4. The summed E-state index contributed by atoms with van der Waals surface area (Å²) < 4.78 is 0. The van der Waals surface area contributed by atoms with Gasteiger partial charge in [-0.2, -0.15) is 0 Å². The van der Waals surface area contributed by atoms with Crippen molar-refractivity contribution in [3.8, 4) is 0 Å². The summed E-state index contributed by atoms with van der Waals surface area (Å²) in [6.45, 7) is 3.43. The fourth-order valence-corrected chi connectivity index (χ4v) is 3.43. The van der Waals surface area contributed by atoms with Gasteiger partial charge in [0.05, 0.1) is 0 Å². The summed E-state index contributed by atoms with van der Waals surface area (Å²) in [4.78, 5) is 2.50. The fraction of sp³-hybridized carbons (Fsp3) is 0.647. The van der Waals surface area contributed by atoms with Gasteiger partial charge in [0.15, 0.2) is 0 Å². The van der Waals surface area contributed by atoms with Crippen LogP contribution in [0.4, 0.5) is 0 Å². The maximum atomic E-state index is 6.28. The van der Waals surface area contributed by atoms with Gasteiger partial charge in [-0.05, 0) is 56.5 Å². The maximum absolute atomic E-state index is 6.28. The first-order valence-electron chi connectivity index (χ1n) is 7.77. The molecule has 0 aromatic heterocycles. The van der Waals surface area contributed by atoms with E-state index in [4.69, 9.17) is 17.3 Å². The lowest BCUT2D eigenvalue weighted by molar-refractivity contribution is 0.160. The maximum Gasteiger partial charge on any atom is 0.0409 e. The molecule has 1 saturated carbocycles. The van der Waals surface area contributed by atoms with Gasteiger partial charge in [-0.3, -0.25) is 0 Å². The van der Waals surface area contributed by atoms with Gasteiger partial charge in [0, 0.05) is 17.1 Å². The minimum absolute atomic E-state index is 0.0807. The van der Waals surface area contributed by atoms with E-state index in [2.05, 4.69) is 24.9 Å². The van der Waals surface area contributed by atoms with Crippen LogP contribution in [0.1, 0.15) is 50.6 Å². The lowest BCUT2D eigenvalue weighted by Crippen LogP contribution is -2.37. The second-order valence-corrected chi connectivity index (χ2v) is 6.79. The van der Waals surface area contributed by atoms with Crippen LogP contribution in [0, 0.1) is 5.92 Å². The molecule has 0 heterocycles. The molecule has 20 heavy (non-hydrogen) atoms. The van der Waals surface area contributed by atoms with Crippen molar-refractivity contribution < 1.29 is 0 Å². The molecule has 0 saturated heterocycles. The molecule has 112 valence electrons. The van der Waals surface area contributed by atoms with E-state index >= 15 is 0 Å². The first-order chi connectivity index (χ1) is 9.56. The molecule has 3 atom stereocenters. The summed E-state index contributed by atoms with van der Waals surface area (Å²) in [5.41, 5.74) is 7.43. The normalized spacial score (nSPS) is 24.9. The van der Waals surface area contributed by atoms with Crippen molar-refractivity contribution in [1.82, 2.24) is 4.90 Å². The molecule has 1 aliphatic carbocycles. The van der Waals surface area contributed by atoms with Crippen molar-refractivity contribution in [2.24, 2.45) is 11.7 Å². The first-order valence-corrected chi connectivity index (χ1v) is 8.15. The van der Waals surface area contributed by atoms with Gasteiger partial charge in [-0.1, -0.05) is 43.5 Å². The molecule has 3 unspecified atom stereocenters. The van der Waals surface area contributed by atoms with Crippen LogP contribution in [0.3, 0.4) is 0 Å². The van der Waals surface area contributed by atoms with E-state index in [9.17, 15) is 0 Å². The third-order valence-corrected chi connectivity index (χ3v) is 4.84. The molecule has 1 aliphatic rings. The quantitative estimate of drug-likeness (QED) is 0.880. The van der Waals surface area contributed by atoms with Crippen molar-refractivity contribution in [2.75, 3.05) is 13.6 Å². The van der Waals surface area contributed by atoms with Crippen LogP contribution < -0.4 is 5.73 Å². The Morgan fingerprint density at radius 2 is 2.20 bits per heavy atom. The highest BCUT2D eigenvalue weighted by atomic mass is 35.5. The molecule has 2 rings (SSSR count).